The van der Waals surface area contributed by atoms with E-state index in [9.17, 15) is 20.4 Å². The second-order valence-electron chi connectivity index (χ2n) is 5.68. The summed E-state index contributed by atoms with van der Waals surface area (Å²) in [6.07, 6.45) is 1.89. The number of hydrogen-bond acceptors (Lipinski definition) is 8. The molecule has 5 atom stereocenters. The van der Waals surface area contributed by atoms with Crippen molar-refractivity contribution < 1.29 is 25.2 Å². The van der Waals surface area contributed by atoms with Crippen LogP contribution in [-0.4, -0.2) is 71.7 Å². The molecule has 25 heavy (non-hydrogen) atoms. The quantitative estimate of drug-likeness (QED) is 0.472. The van der Waals surface area contributed by atoms with E-state index in [-0.39, 0.29) is 5.82 Å². The first-order valence-corrected chi connectivity index (χ1v) is 8.08. The molecule has 2 heterocycles. The van der Waals surface area contributed by atoms with E-state index in [0.717, 1.165) is 12.0 Å². The van der Waals surface area contributed by atoms with Crippen molar-refractivity contribution >= 4 is 0 Å². The Bertz CT molecular complexity index is 628. The van der Waals surface area contributed by atoms with Crippen LogP contribution < -0.4 is 0 Å². The minimum atomic E-state index is -1.47. The van der Waals surface area contributed by atoms with Gasteiger partial charge < -0.3 is 25.2 Å². The maximum absolute atomic E-state index is 10.0. The zero-order valence-corrected chi connectivity index (χ0v) is 14.0. The molecule has 9 heteroatoms. The summed E-state index contributed by atoms with van der Waals surface area (Å²) in [6.45, 7) is 5.60. The van der Waals surface area contributed by atoms with Crippen molar-refractivity contribution in [2.24, 2.45) is 0 Å². The highest BCUT2D eigenvalue weighted by Gasteiger charge is 2.45. The van der Waals surface area contributed by atoms with Crippen molar-refractivity contribution in [2.75, 3.05) is 6.61 Å². The van der Waals surface area contributed by atoms with E-state index in [1.807, 2.05) is 25.2 Å². The summed E-state index contributed by atoms with van der Waals surface area (Å²) < 4.78 is 5.39. The van der Waals surface area contributed by atoms with Gasteiger partial charge in [-0.15, -0.1) is 10.2 Å². The van der Waals surface area contributed by atoms with Crippen LogP contribution in [0.25, 0.3) is 0 Å². The van der Waals surface area contributed by atoms with Gasteiger partial charge in [-0.3, -0.25) is 0 Å². The highest BCUT2D eigenvalue weighted by molar-refractivity contribution is 5.21. The van der Waals surface area contributed by atoms with E-state index >= 15 is 0 Å². The molecule has 1 saturated heterocycles. The Labute approximate surface area is 145 Å². The van der Waals surface area contributed by atoms with Gasteiger partial charge in [-0.05, 0) is 17.2 Å². The fraction of sp³-hybridized carbons (Fsp3) is 0.562. The smallest absolute Gasteiger partial charge is 0.206 e. The molecule has 0 amide bonds. The molecular formula is C16H24N4O5. The normalized spacial score (nSPS) is 30.8. The van der Waals surface area contributed by atoms with Crippen LogP contribution in [0.1, 0.15) is 25.3 Å². The minimum Gasteiger partial charge on any atom is -0.394 e. The molecule has 4 N–H and O–H groups in total. The molecule has 1 aromatic rings. The molecule has 138 valence electrons. The predicted octanol–water partition coefficient (Wildman–Crippen LogP) is -0.733. The van der Waals surface area contributed by atoms with Crippen LogP contribution in [0.3, 0.4) is 0 Å². The summed E-state index contributed by atoms with van der Waals surface area (Å²) >= 11 is 0. The Morgan fingerprint density at radius 1 is 1.28 bits per heavy atom. The standard InChI is InChI=1S/C16H24N4O5/c1-3-10(4-2)7-5-6-8-20-18-16(17-19-20)15-14(24)13(23)12(22)11(9-21)25-15/h3,5-7,11-15,21-24H,1,4,8-9H2,2H3/b6-5+,10-7+/t11-,12-,13?,14-,15?/m1/s1. The van der Waals surface area contributed by atoms with Crippen LogP contribution in [0.15, 0.2) is 36.5 Å². The summed E-state index contributed by atoms with van der Waals surface area (Å²) in [5.74, 6) is 0.0705. The van der Waals surface area contributed by atoms with Crippen LogP contribution in [-0.2, 0) is 11.3 Å². The number of hydrogen-bond donors (Lipinski definition) is 4. The van der Waals surface area contributed by atoms with E-state index < -0.39 is 37.1 Å². The van der Waals surface area contributed by atoms with Gasteiger partial charge in [0.25, 0.3) is 0 Å². The first kappa shape index (κ1) is 19.4. The summed E-state index contributed by atoms with van der Waals surface area (Å²) in [6, 6.07) is 0. The third-order valence-corrected chi connectivity index (χ3v) is 4.00. The maximum atomic E-state index is 10.0. The van der Waals surface area contributed by atoms with Crippen LogP contribution in [0, 0.1) is 0 Å². The fourth-order valence-corrected chi connectivity index (χ4v) is 2.44. The van der Waals surface area contributed by atoms with E-state index in [2.05, 4.69) is 22.0 Å². The number of nitrogens with zero attached hydrogens (tertiary/aromatic N) is 4. The van der Waals surface area contributed by atoms with E-state index in [4.69, 9.17) is 4.74 Å². The summed E-state index contributed by atoms with van der Waals surface area (Å²) in [5.41, 5.74) is 1.10. The lowest BCUT2D eigenvalue weighted by molar-refractivity contribution is -0.233. The average molecular weight is 352 g/mol. The number of aliphatic hydroxyl groups excluding tert-OH is 4. The lowest BCUT2D eigenvalue weighted by atomic mass is 9.95. The Kier molecular flexibility index (Phi) is 6.97. The third-order valence-electron chi connectivity index (χ3n) is 4.00. The first-order valence-electron chi connectivity index (χ1n) is 8.08. The van der Waals surface area contributed by atoms with E-state index in [1.54, 1.807) is 6.08 Å². The minimum absolute atomic E-state index is 0.0705. The number of rotatable bonds is 7. The molecule has 0 saturated carbocycles. The van der Waals surface area contributed by atoms with E-state index in [1.165, 1.54) is 4.80 Å². The molecule has 0 bridgehead atoms. The molecule has 1 fully saturated rings. The molecule has 0 aliphatic carbocycles. The van der Waals surface area contributed by atoms with Gasteiger partial charge in [0.05, 0.1) is 13.2 Å². The van der Waals surface area contributed by atoms with Crippen molar-refractivity contribution in [2.45, 2.75) is 50.4 Å². The summed E-state index contributed by atoms with van der Waals surface area (Å²) in [7, 11) is 0. The van der Waals surface area contributed by atoms with Crippen molar-refractivity contribution in [1.82, 2.24) is 20.2 Å². The summed E-state index contributed by atoms with van der Waals surface area (Å²) in [5, 5.41) is 50.6. The van der Waals surface area contributed by atoms with Gasteiger partial charge in [-0.25, -0.2) is 0 Å². The zero-order chi connectivity index (χ0) is 18.4. The molecule has 1 aromatic heterocycles. The number of aromatic nitrogens is 4. The van der Waals surface area contributed by atoms with Gasteiger partial charge >= 0.3 is 0 Å². The Balaban J connectivity index is 2.04. The molecule has 0 radical (unpaired) electrons. The molecule has 9 nitrogen and oxygen atoms in total. The van der Waals surface area contributed by atoms with Gasteiger partial charge in [0.1, 0.15) is 30.5 Å². The SMILES string of the molecule is C=C/C(=C\C=C\Cn1nnc(C2O[C@H](CO)[C@@H](O)C(O)[C@H]2O)n1)CC. The van der Waals surface area contributed by atoms with Crippen molar-refractivity contribution in [3.63, 3.8) is 0 Å². The fourth-order valence-electron chi connectivity index (χ4n) is 2.44. The van der Waals surface area contributed by atoms with Gasteiger partial charge in [0, 0.05) is 0 Å². The number of ether oxygens (including phenoxy) is 1. The van der Waals surface area contributed by atoms with Crippen molar-refractivity contribution in [1.29, 1.82) is 0 Å². The van der Waals surface area contributed by atoms with Crippen molar-refractivity contribution in [3.05, 3.63) is 42.3 Å². The average Bonchev–Trinajstić information content (AvgIpc) is 3.09. The van der Waals surface area contributed by atoms with Crippen LogP contribution in [0.4, 0.5) is 0 Å². The third kappa shape index (κ3) is 4.59. The number of tetrazole rings is 1. The van der Waals surface area contributed by atoms with Gasteiger partial charge in [0.2, 0.25) is 5.82 Å². The van der Waals surface area contributed by atoms with Gasteiger partial charge in [-0.2, -0.15) is 4.80 Å². The van der Waals surface area contributed by atoms with Crippen molar-refractivity contribution in [3.8, 4) is 0 Å². The second kappa shape index (κ2) is 8.97. The highest BCUT2D eigenvalue weighted by Crippen LogP contribution is 2.30. The molecule has 2 rings (SSSR count). The molecular weight excluding hydrogens is 328 g/mol. The largest absolute Gasteiger partial charge is 0.394 e. The molecule has 0 aromatic carbocycles. The first-order chi connectivity index (χ1) is 12.0. The Hall–Kier alpha value is -1.91. The monoisotopic (exact) mass is 352 g/mol. The Morgan fingerprint density at radius 2 is 2.04 bits per heavy atom. The number of allylic oxidation sites excluding steroid dienone is 5. The predicted molar refractivity (Wildman–Crippen MR) is 88.2 cm³/mol. The van der Waals surface area contributed by atoms with E-state index in [0.29, 0.717) is 6.54 Å². The zero-order valence-electron chi connectivity index (χ0n) is 14.0. The van der Waals surface area contributed by atoms with Crippen LogP contribution >= 0.6 is 0 Å². The second-order valence-corrected chi connectivity index (χ2v) is 5.68. The lowest BCUT2D eigenvalue weighted by Crippen LogP contribution is -2.55. The maximum Gasteiger partial charge on any atom is 0.206 e. The molecule has 1 aliphatic rings. The topological polar surface area (TPSA) is 134 Å². The van der Waals surface area contributed by atoms with Gasteiger partial charge in [0.15, 0.2) is 0 Å². The van der Waals surface area contributed by atoms with Crippen LogP contribution in [0.5, 0.6) is 0 Å². The highest BCUT2D eigenvalue weighted by atomic mass is 16.5. The van der Waals surface area contributed by atoms with Crippen LogP contribution in [0.2, 0.25) is 0 Å². The summed E-state index contributed by atoms with van der Waals surface area (Å²) in [4.78, 5) is 1.31. The molecule has 2 unspecified atom stereocenters. The Morgan fingerprint density at radius 3 is 2.68 bits per heavy atom. The molecule has 1 aliphatic heterocycles. The van der Waals surface area contributed by atoms with Gasteiger partial charge in [-0.1, -0.05) is 37.8 Å². The number of aliphatic hydroxyl groups is 4. The lowest BCUT2D eigenvalue weighted by Gasteiger charge is -2.38. The molecule has 0 spiro atoms.